The third kappa shape index (κ3) is 13.1. The van der Waals surface area contributed by atoms with Gasteiger partial charge in [0, 0.05) is 24.8 Å². The molecule has 0 spiro atoms. The maximum atomic E-state index is 7.17. The van der Waals surface area contributed by atoms with Gasteiger partial charge in [0.15, 0.2) is 0 Å². The molecule has 2 rings (SSSR count). The summed E-state index contributed by atoms with van der Waals surface area (Å²) >= 11 is 0. The normalized spacial score (nSPS) is 7.64. The van der Waals surface area contributed by atoms with Gasteiger partial charge in [0.2, 0.25) is 0 Å². The largest absolute Gasteiger partial charge is 0.631 e. The highest BCUT2D eigenvalue weighted by Gasteiger charge is 1.92. The third-order valence-electron chi connectivity index (χ3n) is 0.992. The van der Waals surface area contributed by atoms with Crippen LogP contribution in [0.5, 0.6) is 0 Å². The monoisotopic (exact) mass is 196 g/mol. The summed E-state index contributed by atoms with van der Waals surface area (Å²) in [5.41, 5.74) is 0. The fourth-order valence-corrected chi connectivity index (χ4v) is 0.556. The Bertz CT molecular complexity index is 194. The SMILES string of the molecule is OB(O)O.c1cc[nH]c1.c1cc[nH]c1. The van der Waals surface area contributed by atoms with E-state index in [0.29, 0.717) is 0 Å². The first kappa shape index (κ1) is 12.5. The molecular weight excluding hydrogens is 183 g/mol. The van der Waals surface area contributed by atoms with Gasteiger partial charge in [-0.1, -0.05) is 0 Å². The van der Waals surface area contributed by atoms with Gasteiger partial charge in [0.25, 0.3) is 0 Å². The standard InChI is InChI=1S/2C4H5N.BH3O3/c2*1-2-4-5-3-1;2-1(3)4/h2*1-5H;2-4H. The van der Waals surface area contributed by atoms with Gasteiger partial charge < -0.3 is 25.0 Å². The Hall–Kier alpha value is -1.50. The van der Waals surface area contributed by atoms with Crippen molar-refractivity contribution in [3.8, 4) is 0 Å². The van der Waals surface area contributed by atoms with Crippen molar-refractivity contribution in [3.63, 3.8) is 0 Å². The Balaban J connectivity index is 0.000000183. The molecule has 0 bridgehead atoms. The molecule has 0 aromatic carbocycles. The van der Waals surface area contributed by atoms with E-state index in [9.17, 15) is 0 Å². The van der Waals surface area contributed by atoms with Crippen LogP contribution in [0, 0.1) is 0 Å². The minimum Gasteiger partial charge on any atom is -0.402 e. The lowest BCUT2D eigenvalue weighted by atomic mass is 10.3. The zero-order valence-electron chi connectivity index (χ0n) is 7.54. The quantitative estimate of drug-likeness (QED) is 0.383. The number of nitrogens with one attached hydrogen (secondary N) is 2. The van der Waals surface area contributed by atoms with Gasteiger partial charge in [-0.2, -0.15) is 0 Å². The number of H-pyrrole nitrogens is 2. The Labute approximate surface area is 82.2 Å². The summed E-state index contributed by atoms with van der Waals surface area (Å²) in [6.45, 7) is 0. The van der Waals surface area contributed by atoms with Crippen molar-refractivity contribution in [2.45, 2.75) is 0 Å². The predicted molar refractivity (Wildman–Crippen MR) is 54.0 cm³/mol. The molecule has 0 saturated carbocycles. The summed E-state index contributed by atoms with van der Waals surface area (Å²) in [4.78, 5) is 5.72. The fourth-order valence-electron chi connectivity index (χ4n) is 0.556. The van der Waals surface area contributed by atoms with E-state index < -0.39 is 7.32 Å². The molecule has 6 heteroatoms. The van der Waals surface area contributed by atoms with E-state index in [2.05, 4.69) is 9.97 Å². The first-order chi connectivity index (χ1) is 6.73. The minimum absolute atomic E-state index is 1.88. The van der Waals surface area contributed by atoms with Crippen LogP contribution < -0.4 is 0 Å². The van der Waals surface area contributed by atoms with Crippen LogP contribution >= 0.6 is 0 Å². The second kappa shape index (κ2) is 9.59. The van der Waals surface area contributed by atoms with E-state index in [1.54, 1.807) is 0 Å². The van der Waals surface area contributed by atoms with Crippen LogP contribution in [0.25, 0.3) is 0 Å². The fraction of sp³-hybridized carbons (Fsp3) is 0. The summed E-state index contributed by atoms with van der Waals surface area (Å²) in [7, 11) is -2.17. The highest BCUT2D eigenvalue weighted by molar-refractivity contribution is 6.30. The maximum absolute atomic E-state index is 7.17. The van der Waals surface area contributed by atoms with Crippen LogP contribution in [0.15, 0.2) is 49.1 Å². The lowest BCUT2D eigenvalue weighted by Gasteiger charge is -1.69. The molecule has 0 amide bonds. The summed E-state index contributed by atoms with van der Waals surface area (Å²) in [6.07, 6.45) is 7.50. The molecule has 2 heterocycles. The smallest absolute Gasteiger partial charge is 0.402 e. The molecule has 2 aromatic rings. The topological polar surface area (TPSA) is 92.3 Å². The summed E-state index contributed by atoms with van der Waals surface area (Å²) in [5, 5.41) is 21.5. The van der Waals surface area contributed by atoms with E-state index in [0.717, 1.165) is 0 Å². The van der Waals surface area contributed by atoms with E-state index in [-0.39, 0.29) is 0 Å². The number of aromatic nitrogens is 2. The molecular formula is C8H13BN2O3. The molecule has 0 aliphatic carbocycles. The number of rotatable bonds is 0. The van der Waals surface area contributed by atoms with E-state index in [1.165, 1.54) is 0 Å². The molecule has 0 saturated heterocycles. The Kier molecular flexibility index (Phi) is 8.57. The van der Waals surface area contributed by atoms with Gasteiger partial charge in [-0.05, 0) is 24.3 Å². The molecule has 0 unspecified atom stereocenters. The molecule has 0 atom stereocenters. The van der Waals surface area contributed by atoms with Crippen molar-refractivity contribution in [1.29, 1.82) is 0 Å². The Morgan fingerprint density at radius 1 is 0.643 bits per heavy atom. The van der Waals surface area contributed by atoms with Crippen molar-refractivity contribution < 1.29 is 15.1 Å². The highest BCUT2D eigenvalue weighted by atomic mass is 16.5. The van der Waals surface area contributed by atoms with Gasteiger partial charge in [-0.25, -0.2) is 0 Å². The van der Waals surface area contributed by atoms with Gasteiger partial charge in [-0.3, -0.25) is 0 Å². The van der Waals surface area contributed by atoms with Crippen LogP contribution in [0.2, 0.25) is 0 Å². The second-order valence-electron chi connectivity index (χ2n) is 2.12. The predicted octanol–water partition coefficient (Wildman–Crippen LogP) is -0.0224. The molecule has 5 nitrogen and oxygen atoms in total. The van der Waals surface area contributed by atoms with Gasteiger partial charge in [0.1, 0.15) is 0 Å². The number of hydrogen-bond donors (Lipinski definition) is 5. The third-order valence-corrected chi connectivity index (χ3v) is 0.992. The molecule has 5 N–H and O–H groups in total. The van der Waals surface area contributed by atoms with Crippen LogP contribution in [0.4, 0.5) is 0 Å². The van der Waals surface area contributed by atoms with Gasteiger partial charge >= 0.3 is 7.32 Å². The van der Waals surface area contributed by atoms with Crippen molar-refractivity contribution in [2.24, 2.45) is 0 Å². The zero-order chi connectivity index (χ0) is 10.6. The molecule has 0 aliphatic heterocycles. The molecule has 0 aliphatic rings. The summed E-state index contributed by atoms with van der Waals surface area (Å²) in [6, 6.07) is 7.78. The van der Waals surface area contributed by atoms with Crippen LogP contribution in [-0.2, 0) is 0 Å². The lowest BCUT2D eigenvalue weighted by Crippen LogP contribution is -2.07. The number of hydrogen-bond acceptors (Lipinski definition) is 3. The van der Waals surface area contributed by atoms with Crippen molar-refractivity contribution in [3.05, 3.63) is 49.1 Å². The molecule has 0 radical (unpaired) electrons. The van der Waals surface area contributed by atoms with E-state index in [4.69, 9.17) is 15.1 Å². The van der Waals surface area contributed by atoms with Crippen LogP contribution in [0.1, 0.15) is 0 Å². The van der Waals surface area contributed by atoms with Crippen molar-refractivity contribution in [2.75, 3.05) is 0 Å². The van der Waals surface area contributed by atoms with Crippen molar-refractivity contribution >= 4 is 7.32 Å². The Morgan fingerprint density at radius 3 is 0.929 bits per heavy atom. The lowest BCUT2D eigenvalue weighted by molar-refractivity contribution is 0.278. The maximum Gasteiger partial charge on any atom is 0.631 e. The van der Waals surface area contributed by atoms with Crippen LogP contribution in [-0.4, -0.2) is 32.4 Å². The van der Waals surface area contributed by atoms with Gasteiger partial charge in [0.05, 0.1) is 0 Å². The molecule has 14 heavy (non-hydrogen) atoms. The minimum atomic E-state index is -2.17. The molecule has 2 aromatic heterocycles. The average molecular weight is 196 g/mol. The summed E-state index contributed by atoms with van der Waals surface area (Å²) < 4.78 is 0. The molecule has 0 fully saturated rings. The second-order valence-corrected chi connectivity index (χ2v) is 2.12. The van der Waals surface area contributed by atoms with E-state index in [1.807, 2.05) is 49.1 Å². The number of aromatic amines is 2. The average Bonchev–Trinajstić information content (AvgIpc) is 2.83. The highest BCUT2D eigenvalue weighted by Crippen LogP contribution is 1.72. The first-order valence-corrected chi connectivity index (χ1v) is 3.93. The first-order valence-electron chi connectivity index (χ1n) is 3.93. The zero-order valence-corrected chi connectivity index (χ0v) is 7.54. The molecule has 76 valence electrons. The van der Waals surface area contributed by atoms with Gasteiger partial charge in [-0.15, -0.1) is 0 Å². The van der Waals surface area contributed by atoms with Crippen LogP contribution in [0.3, 0.4) is 0 Å². The Morgan fingerprint density at radius 2 is 0.857 bits per heavy atom. The summed E-state index contributed by atoms with van der Waals surface area (Å²) in [5.74, 6) is 0. The van der Waals surface area contributed by atoms with Crippen molar-refractivity contribution in [1.82, 2.24) is 9.97 Å². The van der Waals surface area contributed by atoms with E-state index >= 15 is 0 Å².